The van der Waals surface area contributed by atoms with Gasteiger partial charge in [0.2, 0.25) is 0 Å². The van der Waals surface area contributed by atoms with Gasteiger partial charge in [-0.25, -0.2) is 0 Å². The SMILES string of the molecule is Cl.NCc1cc2c(c(I)c1O)CCCC2. The molecule has 3 N–H and O–H groups in total. The summed E-state index contributed by atoms with van der Waals surface area (Å²) in [6.07, 6.45) is 4.74. The standard InChI is InChI=1S/C11H14INO.ClH/c12-10-9-4-2-1-3-7(9)5-8(6-13)11(10)14;/h5,14H,1-4,6,13H2;1H. The van der Waals surface area contributed by atoms with Gasteiger partial charge in [0.05, 0.1) is 3.57 Å². The maximum absolute atomic E-state index is 9.87. The van der Waals surface area contributed by atoms with E-state index < -0.39 is 0 Å². The van der Waals surface area contributed by atoms with Gasteiger partial charge in [-0.15, -0.1) is 12.4 Å². The second kappa shape index (κ2) is 5.37. The first kappa shape index (κ1) is 13.1. The third-order valence-corrected chi connectivity index (χ3v) is 4.02. The number of aromatic hydroxyl groups is 1. The Kier molecular flexibility index (Phi) is 4.67. The highest BCUT2D eigenvalue weighted by atomic mass is 127. The number of phenols is 1. The molecule has 2 nitrogen and oxygen atoms in total. The predicted molar refractivity (Wildman–Crippen MR) is 72.6 cm³/mol. The highest BCUT2D eigenvalue weighted by Crippen LogP contribution is 2.34. The van der Waals surface area contributed by atoms with Crippen LogP contribution < -0.4 is 5.73 Å². The van der Waals surface area contributed by atoms with E-state index in [0.29, 0.717) is 12.3 Å². The lowest BCUT2D eigenvalue weighted by atomic mass is 9.90. The third kappa shape index (κ3) is 2.40. The lowest BCUT2D eigenvalue weighted by Gasteiger charge is -2.19. The van der Waals surface area contributed by atoms with Crippen LogP contribution in [0.1, 0.15) is 29.5 Å². The number of rotatable bonds is 1. The van der Waals surface area contributed by atoms with E-state index >= 15 is 0 Å². The first-order valence-corrected chi connectivity index (χ1v) is 6.04. The van der Waals surface area contributed by atoms with Crippen molar-refractivity contribution in [1.82, 2.24) is 0 Å². The summed E-state index contributed by atoms with van der Waals surface area (Å²) in [7, 11) is 0. The van der Waals surface area contributed by atoms with E-state index in [9.17, 15) is 5.11 Å². The molecule has 1 aromatic carbocycles. The summed E-state index contributed by atoms with van der Waals surface area (Å²) < 4.78 is 1.01. The molecule has 0 heterocycles. The molecule has 0 amide bonds. The minimum atomic E-state index is 0. The Bertz CT molecular complexity index is 368. The summed E-state index contributed by atoms with van der Waals surface area (Å²) in [5, 5.41) is 9.87. The van der Waals surface area contributed by atoms with Gasteiger partial charge in [0.1, 0.15) is 5.75 Å². The molecule has 0 aliphatic heterocycles. The van der Waals surface area contributed by atoms with Crippen LogP contribution >= 0.6 is 35.0 Å². The smallest absolute Gasteiger partial charge is 0.133 e. The van der Waals surface area contributed by atoms with E-state index in [1.165, 1.54) is 24.0 Å². The predicted octanol–water partition coefficient (Wildman–Crippen LogP) is 2.76. The first-order chi connectivity index (χ1) is 6.74. The van der Waals surface area contributed by atoms with Crippen LogP contribution in [0.3, 0.4) is 0 Å². The van der Waals surface area contributed by atoms with Gasteiger partial charge in [-0.3, -0.25) is 0 Å². The number of hydrogen-bond donors (Lipinski definition) is 2. The molecule has 0 atom stereocenters. The molecule has 2 rings (SSSR count). The van der Waals surface area contributed by atoms with Gasteiger partial charge in [0.15, 0.2) is 0 Å². The van der Waals surface area contributed by atoms with Crippen molar-refractivity contribution in [2.75, 3.05) is 0 Å². The highest BCUT2D eigenvalue weighted by molar-refractivity contribution is 14.1. The molecular weight excluding hydrogens is 324 g/mol. The van der Waals surface area contributed by atoms with E-state index in [4.69, 9.17) is 5.73 Å². The van der Waals surface area contributed by atoms with Gasteiger partial charge in [0.25, 0.3) is 0 Å². The lowest BCUT2D eigenvalue weighted by molar-refractivity contribution is 0.462. The van der Waals surface area contributed by atoms with Gasteiger partial charge >= 0.3 is 0 Å². The molecule has 4 heteroatoms. The van der Waals surface area contributed by atoms with Crippen LogP contribution in [0.2, 0.25) is 0 Å². The van der Waals surface area contributed by atoms with Gasteiger partial charge in [-0.1, -0.05) is 6.07 Å². The Morgan fingerprint density at radius 3 is 2.67 bits per heavy atom. The van der Waals surface area contributed by atoms with Crippen molar-refractivity contribution in [2.45, 2.75) is 32.2 Å². The summed E-state index contributed by atoms with van der Waals surface area (Å²) in [6, 6.07) is 2.08. The molecule has 15 heavy (non-hydrogen) atoms. The van der Waals surface area contributed by atoms with Crippen molar-refractivity contribution in [3.05, 3.63) is 26.3 Å². The zero-order chi connectivity index (χ0) is 10.1. The molecule has 84 valence electrons. The van der Waals surface area contributed by atoms with Crippen LogP contribution in [0.5, 0.6) is 5.75 Å². The number of aryl methyl sites for hydroxylation is 1. The Labute approximate surface area is 110 Å². The van der Waals surface area contributed by atoms with E-state index in [1.807, 2.05) is 0 Å². The van der Waals surface area contributed by atoms with Gasteiger partial charge in [-0.05, 0) is 59.4 Å². The topological polar surface area (TPSA) is 46.2 Å². The molecule has 0 saturated heterocycles. The Balaban J connectivity index is 0.00000112. The molecule has 0 radical (unpaired) electrons. The van der Waals surface area contributed by atoms with Gasteiger partial charge in [-0.2, -0.15) is 0 Å². The molecular formula is C11H15ClINO. The molecule has 0 saturated carbocycles. The number of halogens is 2. The Hall–Kier alpha value is -0.0000000000000000555. The fourth-order valence-electron chi connectivity index (χ4n) is 2.06. The van der Waals surface area contributed by atoms with Crippen molar-refractivity contribution in [3.63, 3.8) is 0 Å². The summed E-state index contributed by atoms with van der Waals surface area (Å²) in [5.41, 5.74) is 9.20. The summed E-state index contributed by atoms with van der Waals surface area (Å²) in [6.45, 7) is 0.426. The maximum Gasteiger partial charge on any atom is 0.133 e. The van der Waals surface area contributed by atoms with Crippen molar-refractivity contribution in [1.29, 1.82) is 0 Å². The third-order valence-electron chi connectivity index (χ3n) is 2.86. The number of phenolic OH excluding ortho intramolecular Hbond substituents is 1. The Morgan fingerprint density at radius 2 is 2.00 bits per heavy atom. The van der Waals surface area contributed by atoms with Crippen molar-refractivity contribution in [3.8, 4) is 5.75 Å². The van der Waals surface area contributed by atoms with Gasteiger partial charge in [0, 0.05) is 12.1 Å². The quantitative estimate of drug-likeness (QED) is 0.773. The van der Waals surface area contributed by atoms with E-state index in [0.717, 1.165) is 22.0 Å². The van der Waals surface area contributed by atoms with Crippen LogP contribution in [0.25, 0.3) is 0 Å². The van der Waals surface area contributed by atoms with Crippen LogP contribution in [-0.2, 0) is 19.4 Å². The monoisotopic (exact) mass is 339 g/mol. The second-order valence-electron chi connectivity index (χ2n) is 3.75. The zero-order valence-corrected chi connectivity index (χ0v) is 11.4. The minimum absolute atomic E-state index is 0. The number of fused-ring (bicyclic) bond motifs is 1. The van der Waals surface area contributed by atoms with E-state index in [-0.39, 0.29) is 12.4 Å². The normalized spacial score (nSPS) is 14.3. The summed E-state index contributed by atoms with van der Waals surface area (Å²) in [5.74, 6) is 0.397. The molecule has 1 aromatic rings. The molecule has 0 spiro atoms. The van der Waals surface area contributed by atoms with Crippen LogP contribution in [0.4, 0.5) is 0 Å². The number of nitrogens with two attached hydrogens (primary N) is 1. The van der Waals surface area contributed by atoms with Gasteiger partial charge < -0.3 is 10.8 Å². The summed E-state index contributed by atoms with van der Waals surface area (Å²) in [4.78, 5) is 0. The highest BCUT2D eigenvalue weighted by Gasteiger charge is 2.17. The number of hydrogen-bond acceptors (Lipinski definition) is 2. The fraction of sp³-hybridized carbons (Fsp3) is 0.455. The number of benzene rings is 1. The average molecular weight is 340 g/mol. The fourth-order valence-corrected chi connectivity index (χ4v) is 3.02. The van der Waals surface area contributed by atoms with Crippen LogP contribution in [0.15, 0.2) is 6.07 Å². The molecule has 1 aliphatic rings. The second-order valence-corrected chi connectivity index (χ2v) is 4.83. The van der Waals surface area contributed by atoms with Crippen LogP contribution in [-0.4, -0.2) is 5.11 Å². The van der Waals surface area contributed by atoms with E-state index in [2.05, 4.69) is 28.7 Å². The van der Waals surface area contributed by atoms with Crippen molar-refractivity contribution < 1.29 is 5.11 Å². The van der Waals surface area contributed by atoms with E-state index in [1.54, 1.807) is 0 Å². The minimum Gasteiger partial charge on any atom is -0.506 e. The zero-order valence-electron chi connectivity index (χ0n) is 8.42. The lowest BCUT2D eigenvalue weighted by Crippen LogP contribution is -2.08. The molecule has 0 unspecified atom stereocenters. The van der Waals surface area contributed by atoms with Crippen LogP contribution in [0, 0.1) is 3.57 Å². The summed E-state index contributed by atoms with van der Waals surface area (Å²) >= 11 is 2.23. The molecule has 0 fully saturated rings. The largest absolute Gasteiger partial charge is 0.506 e. The first-order valence-electron chi connectivity index (χ1n) is 4.96. The average Bonchev–Trinajstić information content (AvgIpc) is 2.23. The molecule has 0 bridgehead atoms. The van der Waals surface area contributed by atoms with Crippen molar-refractivity contribution >= 4 is 35.0 Å². The van der Waals surface area contributed by atoms with Crippen molar-refractivity contribution in [2.24, 2.45) is 5.73 Å². The molecule has 0 aromatic heterocycles. The molecule has 1 aliphatic carbocycles. The maximum atomic E-state index is 9.87. The Morgan fingerprint density at radius 1 is 1.33 bits per heavy atom.